The first-order valence-corrected chi connectivity index (χ1v) is 7.22. The van der Waals surface area contributed by atoms with E-state index in [0.717, 1.165) is 17.8 Å². The Labute approximate surface area is 135 Å². The summed E-state index contributed by atoms with van der Waals surface area (Å²) in [5, 5.41) is 17.4. The minimum absolute atomic E-state index is 0.00453. The number of nitrogens with zero attached hydrogens (tertiary/aromatic N) is 2. The van der Waals surface area contributed by atoms with Gasteiger partial charge in [-0.2, -0.15) is 8.78 Å². The van der Waals surface area contributed by atoms with E-state index in [-0.39, 0.29) is 18.0 Å². The number of nitro groups is 1. The molecule has 0 aliphatic carbocycles. The van der Waals surface area contributed by atoms with Crippen LogP contribution in [0.4, 0.5) is 25.8 Å². The fourth-order valence-corrected chi connectivity index (χ4v) is 2.60. The molecule has 0 saturated heterocycles. The lowest BCUT2D eigenvalue weighted by Gasteiger charge is -2.11. The molecule has 2 N–H and O–H groups in total. The first-order valence-electron chi connectivity index (χ1n) is 7.22. The Morgan fingerprint density at radius 2 is 2.21 bits per heavy atom. The second kappa shape index (κ2) is 6.65. The first kappa shape index (κ1) is 15.9. The van der Waals surface area contributed by atoms with Crippen LogP contribution in [0.25, 0.3) is 0 Å². The van der Waals surface area contributed by atoms with Gasteiger partial charge in [-0.05, 0) is 24.6 Å². The van der Waals surface area contributed by atoms with Crippen LogP contribution in [0.3, 0.4) is 0 Å². The molecule has 0 fully saturated rings. The molecule has 126 valence electrons. The third-order valence-corrected chi connectivity index (χ3v) is 3.65. The maximum Gasteiger partial charge on any atom is 0.387 e. The Morgan fingerprint density at radius 3 is 2.88 bits per heavy atom. The molecule has 0 unspecified atom stereocenters. The van der Waals surface area contributed by atoms with Gasteiger partial charge in [0.15, 0.2) is 0 Å². The zero-order chi connectivity index (χ0) is 17.1. The van der Waals surface area contributed by atoms with Crippen LogP contribution in [-0.4, -0.2) is 23.1 Å². The van der Waals surface area contributed by atoms with E-state index in [9.17, 15) is 18.9 Å². The summed E-state index contributed by atoms with van der Waals surface area (Å²) in [4.78, 5) is 14.8. The van der Waals surface area contributed by atoms with E-state index in [1.807, 2.05) is 0 Å². The lowest BCUT2D eigenvalue weighted by molar-refractivity contribution is -0.384. The summed E-state index contributed by atoms with van der Waals surface area (Å²) < 4.78 is 28.4. The van der Waals surface area contributed by atoms with E-state index >= 15 is 0 Å². The quantitative estimate of drug-likeness (QED) is 0.622. The predicted octanol–water partition coefficient (Wildman–Crippen LogP) is 3.17. The van der Waals surface area contributed by atoms with Crippen LogP contribution >= 0.6 is 0 Å². The molecule has 2 aromatic rings. The Morgan fingerprint density at radius 1 is 1.38 bits per heavy atom. The predicted molar refractivity (Wildman–Crippen MR) is 83.5 cm³/mol. The zero-order valence-electron chi connectivity index (χ0n) is 12.5. The molecule has 1 aromatic heterocycles. The molecule has 24 heavy (non-hydrogen) atoms. The van der Waals surface area contributed by atoms with Gasteiger partial charge in [0.05, 0.1) is 23.4 Å². The van der Waals surface area contributed by atoms with E-state index in [0.29, 0.717) is 17.8 Å². The van der Waals surface area contributed by atoms with Crippen LogP contribution in [0.5, 0.6) is 5.75 Å². The molecule has 1 aliphatic heterocycles. The molecule has 1 aliphatic rings. The molecule has 1 aromatic carbocycles. The number of benzene rings is 1. The standard InChI is InChI=1S/C15H14F2N4O3/c16-15(17)24-10-2-1-9(19-8-10)7-20-14-11-5-6-18-12(11)3-4-13(14)21(22)23/h1-4,8,15,18,20H,5-7H2. The van der Waals surface area contributed by atoms with Crippen LogP contribution < -0.4 is 15.4 Å². The lowest BCUT2D eigenvalue weighted by atomic mass is 10.1. The van der Waals surface area contributed by atoms with Crippen LogP contribution in [0.15, 0.2) is 30.5 Å². The normalized spacial score (nSPS) is 12.6. The number of ether oxygens (including phenoxy) is 1. The second-order valence-corrected chi connectivity index (χ2v) is 5.14. The highest BCUT2D eigenvalue weighted by molar-refractivity contribution is 5.77. The first-order chi connectivity index (χ1) is 11.5. The van der Waals surface area contributed by atoms with Crippen LogP contribution in [0, 0.1) is 10.1 Å². The highest BCUT2D eigenvalue weighted by atomic mass is 19.3. The van der Waals surface area contributed by atoms with E-state index < -0.39 is 11.5 Å². The summed E-state index contributed by atoms with van der Waals surface area (Å²) in [6.07, 6.45) is 1.88. The third kappa shape index (κ3) is 3.34. The number of hydrogen-bond donors (Lipinski definition) is 2. The summed E-state index contributed by atoms with van der Waals surface area (Å²) in [7, 11) is 0. The summed E-state index contributed by atoms with van der Waals surface area (Å²) >= 11 is 0. The molecule has 7 nitrogen and oxygen atoms in total. The van der Waals surface area contributed by atoms with Crippen LogP contribution in [-0.2, 0) is 13.0 Å². The molecular weight excluding hydrogens is 322 g/mol. The Balaban J connectivity index is 1.77. The molecule has 0 bridgehead atoms. The Kier molecular flexibility index (Phi) is 4.41. The molecule has 0 atom stereocenters. The molecule has 0 amide bonds. The molecular formula is C15H14F2N4O3. The van der Waals surface area contributed by atoms with Gasteiger partial charge in [-0.1, -0.05) is 0 Å². The van der Waals surface area contributed by atoms with Crippen molar-refractivity contribution in [1.82, 2.24) is 4.98 Å². The topological polar surface area (TPSA) is 89.3 Å². The van der Waals surface area contributed by atoms with Gasteiger partial charge in [0.25, 0.3) is 5.69 Å². The molecule has 9 heteroatoms. The van der Waals surface area contributed by atoms with Crippen molar-refractivity contribution in [2.75, 3.05) is 17.2 Å². The summed E-state index contributed by atoms with van der Waals surface area (Å²) in [6.45, 7) is -1.95. The maximum atomic E-state index is 12.1. The maximum absolute atomic E-state index is 12.1. The SMILES string of the molecule is O=[N+]([O-])c1ccc2c(c1NCc1ccc(OC(F)F)cn1)CCN2. The number of anilines is 2. The summed E-state index contributed by atoms with van der Waals surface area (Å²) in [5.74, 6) is -0.0375. The fourth-order valence-electron chi connectivity index (χ4n) is 2.60. The number of rotatable bonds is 6. The molecule has 0 saturated carbocycles. The van der Waals surface area contributed by atoms with Gasteiger partial charge >= 0.3 is 6.61 Å². The van der Waals surface area contributed by atoms with Crippen molar-refractivity contribution >= 4 is 17.1 Å². The van der Waals surface area contributed by atoms with E-state index in [1.54, 1.807) is 6.07 Å². The lowest BCUT2D eigenvalue weighted by Crippen LogP contribution is -2.07. The number of hydrogen-bond acceptors (Lipinski definition) is 6. The molecule has 3 rings (SSSR count). The minimum Gasteiger partial charge on any atom is -0.433 e. The monoisotopic (exact) mass is 336 g/mol. The van der Waals surface area contributed by atoms with Gasteiger partial charge in [-0.25, -0.2) is 0 Å². The van der Waals surface area contributed by atoms with E-state index in [2.05, 4.69) is 20.4 Å². The van der Waals surface area contributed by atoms with Crippen molar-refractivity contribution in [3.05, 3.63) is 51.8 Å². The van der Waals surface area contributed by atoms with E-state index in [4.69, 9.17) is 0 Å². The smallest absolute Gasteiger partial charge is 0.387 e. The average Bonchev–Trinajstić information content (AvgIpc) is 3.02. The number of pyridine rings is 1. The van der Waals surface area contributed by atoms with Crippen molar-refractivity contribution in [3.8, 4) is 5.75 Å². The minimum atomic E-state index is -2.90. The van der Waals surface area contributed by atoms with Crippen molar-refractivity contribution in [3.63, 3.8) is 0 Å². The van der Waals surface area contributed by atoms with Gasteiger partial charge in [-0.15, -0.1) is 0 Å². The van der Waals surface area contributed by atoms with Crippen molar-refractivity contribution < 1.29 is 18.4 Å². The number of fused-ring (bicyclic) bond motifs is 1. The highest BCUT2D eigenvalue weighted by Gasteiger charge is 2.23. The Bertz CT molecular complexity index is 753. The van der Waals surface area contributed by atoms with Gasteiger partial charge in [-0.3, -0.25) is 15.1 Å². The third-order valence-electron chi connectivity index (χ3n) is 3.65. The van der Waals surface area contributed by atoms with Gasteiger partial charge in [0.1, 0.15) is 11.4 Å². The summed E-state index contributed by atoms with van der Waals surface area (Å²) in [5.41, 5.74) is 2.74. The number of nitrogens with one attached hydrogen (secondary N) is 2. The highest BCUT2D eigenvalue weighted by Crippen LogP contribution is 2.37. The number of halogens is 2. The number of aromatic nitrogens is 1. The van der Waals surface area contributed by atoms with Gasteiger partial charge < -0.3 is 15.4 Å². The average molecular weight is 336 g/mol. The van der Waals surface area contributed by atoms with Crippen molar-refractivity contribution in [1.29, 1.82) is 0 Å². The zero-order valence-corrected chi connectivity index (χ0v) is 12.5. The van der Waals surface area contributed by atoms with Gasteiger partial charge in [0.2, 0.25) is 0 Å². The van der Waals surface area contributed by atoms with Crippen molar-refractivity contribution in [2.45, 2.75) is 19.6 Å². The molecule has 0 spiro atoms. The summed E-state index contributed by atoms with van der Waals surface area (Å²) in [6, 6.07) is 6.05. The second-order valence-electron chi connectivity index (χ2n) is 5.14. The molecule has 0 radical (unpaired) electrons. The number of alkyl halides is 2. The van der Waals surface area contributed by atoms with Crippen molar-refractivity contribution in [2.24, 2.45) is 0 Å². The Hall–Kier alpha value is -2.97. The van der Waals surface area contributed by atoms with E-state index in [1.165, 1.54) is 24.4 Å². The molecule has 2 heterocycles. The fraction of sp³-hybridized carbons (Fsp3) is 0.267. The van der Waals surface area contributed by atoms with Gasteiger partial charge in [0, 0.05) is 23.9 Å². The number of nitro benzene ring substituents is 1. The van der Waals surface area contributed by atoms with Crippen LogP contribution in [0.2, 0.25) is 0 Å². The van der Waals surface area contributed by atoms with Crippen LogP contribution in [0.1, 0.15) is 11.3 Å². The largest absolute Gasteiger partial charge is 0.433 e.